The Morgan fingerprint density at radius 2 is 2.00 bits per heavy atom. The zero-order valence-electron chi connectivity index (χ0n) is 9.72. The molecule has 1 atom stereocenters. The van der Waals surface area contributed by atoms with Gasteiger partial charge in [0.1, 0.15) is 0 Å². The average Bonchev–Trinajstić information content (AvgIpc) is 2.40. The Kier molecular flexibility index (Phi) is 4.08. The summed E-state index contributed by atoms with van der Waals surface area (Å²) in [7, 11) is 0. The Morgan fingerprint density at radius 3 is 2.36 bits per heavy atom. The first kappa shape index (κ1) is 11.7. The van der Waals surface area contributed by atoms with Crippen molar-refractivity contribution in [3.63, 3.8) is 0 Å². The van der Waals surface area contributed by atoms with Crippen LogP contribution in [0.4, 0.5) is 0 Å². The lowest BCUT2D eigenvalue weighted by molar-refractivity contribution is 0.426. The molecule has 0 spiro atoms. The van der Waals surface area contributed by atoms with Crippen LogP contribution in [-0.4, -0.2) is 11.5 Å². The van der Waals surface area contributed by atoms with E-state index in [1.807, 2.05) is 11.3 Å². The first-order chi connectivity index (χ1) is 6.56. The number of thiazole rings is 1. The summed E-state index contributed by atoms with van der Waals surface area (Å²) in [6.07, 6.45) is 0. The molecule has 0 saturated heterocycles. The summed E-state index contributed by atoms with van der Waals surface area (Å²) in [5.41, 5.74) is 1.19. The maximum atomic E-state index is 4.48. The average molecular weight is 212 g/mol. The molecule has 2 nitrogen and oxygen atoms in total. The van der Waals surface area contributed by atoms with Crippen molar-refractivity contribution in [2.45, 2.75) is 40.7 Å². The second kappa shape index (κ2) is 4.89. The smallest absolute Gasteiger partial charge is 0.0900 e. The predicted molar refractivity (Wildman–Crippen MR) is 62.8 cm³/mol. The molecule has 80 valence electrons. The number of aromatic nitrogens is 1. The van der Waals surface area contributed by atoms with E-state index < -0.39 is 0 Å². The van der Waals surface area contributed by atoms with Gasteiger partial charge in [0.15, 0.2) is 0 Å². The lowest BCUT2D eigenvalue weighted by Gasteiger charge is -2.20. The molecule has 1 aromatic heterocycles. The molecule has 0 saturated carbocycles. The Bertz CT molecular complexity index is 291. The van der Waals surface area contributed by atoms with Crippen molar-refractivity contribution in [2.75, 3.05) is 6.54 Å². The minimum Gasteiger partial charge on any atom is -0.309 e. The molecule has 14 heavy (non-hydrogen) atoms. The van der Waals surface area contributed by atoms with E-state index in [1.165, 1.54) is 15.6 Å². The molecule has 1 N–H and O–H groups in total. The standard InChI is InChI=1S/C11H20N2S/c1-6-12-10(7(2)3)11-8(4)13-9(5)14-11/h7,10,12H,6H2,1-5H3. The van der Waals surface area contributed by atoms with Crippen molar-refractivity contribution in [2.24, 2.45) is 5.92 Å². The molecule has 0 bridgehead atoms. The predicted octanol–water partition coefficient (Wildman–Crippen LogP) is 3.07. The van der Waals surface area contributed by atoms with Gasteiger partial charge in [0.25, 0.3) is 0 Å². The van der Waals surface area contributed by atoms with E-state index in [0.29, 0.717) is 12.0 Å². The fraction of sp³-hybridized carbons (Fsp3) is 0.727. The molecule has 1 aromatic rings. The lowest BCUT2D eigenvalue weighted by Crippen LogP contribution is -2.25. The first-order valence-electron chi connectivity index (χ1n) is 5.23. The van der Waals surface area contributed by atoms with Gasteiger partial charge in [0.05, 0.1) is 10.7 Å². The van der Waals surface area contributed by atoms with Crippen molar-refractivity contribution in [1.82, 2.24) is 10.3 Å². The Labute approximate surface area is 90.8 Å². The van der Waals surface area contributed by atoms with Crippen LogP contribution in [0.15, 0.2) is 0 Å². The molecule has 0 aliphatic carbocycles. The van der Waals surface area contributed by atoms with Gasteiger partial charge in [-0.05, 0) is 26.3 Å². The Morgan fingerprint density at radius 1 is 1.36 bits per heavy atom. The van der Waals surface area contributed by atoms with Gasteiger partial charge < -0.3 is 5.32 Å². The number of hydrogen-bond acceptors (Lipinski definition) is 3. The van der Waals surface area contributed by atoms with Gasteiger partial charge in [-0.2, -0.15) is 0 Å². The number of aryl methyl sites for hydroxylation is 2. The van der Waals surface area contributed by atoms with Crippen LogP contribution < -0.4 is 5.32 Å². The van der Waals surface area contributed by atoms with Crippen molar-refractivity contribution < 1.29 is 0 Å². The van der Waals surface area contributed by atoms with E-state index in [-0.39, 0.29) is 0 Å². The highest BCUT2D eigenvalue weighted by atomic mass is 32.1. The minimum absolute atomic E-state index is 0.464. The van der Waals surface area contributed by atoms with Crippen LogP contribution in [-0.2, 0) is 0 Å². The Hall–Kier alpha value is -0.410. The van der Waals surface area contributed by atoms with Gasteiger partial charge >= 0.3 is 0 Å². The van der Waals surface area contributed by atoms with E-state index in [1.54, 1.807) is 0 Å². The molecule has 1 unspecified atom stereocenters. The lowest BCUT2D eigenvalue weighted by atomic mass is 10.0. The van der Waals surface area contributed by atoms with E-state index in [4.69, 9.17) is 0 Å². The van der Waals surface area contributed by atoms with Gasteiger partial charge in [-0.3, -0.25) is 0 Å². The van der Waals surface area contributed by atoms with Crippen molar-refractivity contribution in [3.05, 3.63) is 15.6 Å². The fourth-order valence-electron chi connectivity index (χ4n) is 1.69. The summed E-state index contributed by atoms with van der Waals surface area (Å²) in [5, 5.41) is 4.69. The second-order valence-electron chi connectivity index (χ2n) is 3.96. The van der Waals surface area contributed by atoms with Gasteiger partial charge in [-0.15, -0.1) is 11.3 Å². The minimum atomic E-state index is 0.464. The summed E-state index contributed by atoms with van der Waals surface area (Å²) in [5.74, 6) is 0.619. The summed E-state index contributed by atoms with van der Waals surface area (Å²) in [4.78, 5) is 5.88. The van der Waals surface area contributed by atoms with E-state index in [0.717, 1.165) is 6.54 Å². The summed E-state index contributed by atoms with van der Waals surface area (Å²) >= 11 is 1.82. The van der Waals surface area contributed by atoms with Crippen LogP contribution in [0.3, 0.4) is 0 Å². The van der Waals surface area contributed by atoms with E-state index in [2.05, 4.69) is 44.9 Å². The molecule has 1 heterocycles. The normalized spacial score (nSPS) is 13.6. The van der Waals surface area contributed by atoms with Crippen LogP contribution in [0.25, 0.3) is 0 Å². The highest BCUT2D eigenvalue weighted by Crippen LogP contribution is 2.29. The quantitative estimate of drug-likeness (QED) is 0.829. The number of nitrogens with one attached hydrogen (secondary N) is 1. The highest BCUT2D eigenvalue weighted by Gasteiger charge is 2.19. The maximum Gasteiger partial charge on any atom is 0.0900 e. The maximum absolute atomic E-state index is 4.48. The molecule has 1 rings (SSSR count). The summed E-state index contributed by atoms with van der Waals surface area (Å²) in [6.45, 7) is 11.8. The molecular weight excluding hydrogens is 192 g/mol. The third kappa shape index (κ3) is 2.55. The largest absolute Gasteiger partial charge is 0.309 e. The van der Waals surface area contributed by atoms with E-state index in [9.17, 15) is 0 Å². The molecule has 0 fully saturated rings. The van der Waals surface area contributed by atoms with Crippen molar-refractivity contribution >= 4 is 11.3 Å². The van der Waals surface area contributed by atoms with Crippen molar-refractivity contribution in [1.29, 1.82) is 0 Å². The zero-order chi connectivity index (χ0) is 10.7. The highest BCUT2D eigenvalue weighted by molar-refractivity contribution is 7.11. The first-order valence-corrected chi connectivity index (χ1v) is 6.05. The third-order valence-electron chi connectivity index (χ3n) is 2.31. The van der Waals surface area contributed by atoms with Crippen LogP contribution in [0.1, 0.15) is 42.4 Å². The number of hydrogen-bond donors (Lipinski definition) is 1. The summed E-state index contributed by atoms with van der Waals surface area (Å²) < 4.78 is 0. The topological polar surface area (TPSA) is 24.9 Å². The van der Waals surface area contributed by atoms with Crippen molar-refractivity contribution in [3.8, 4) is 0 Å². The van der Waals surface area contributed by atoms with Gasteiger partial charge in [0.2, 0.25) is 0 Å². The second-order valence-corrected chi connectivity index (χ2v) is 5.20. The number of nitrogens with zero attached hydrogens (tertiary/aromatic N) is 1. The van der Waals surface area contributed by atoms with Gasteiger partial charge in [0, 0.05) is 10.9 Å². The monoisotopic (exact) mass is 212 g/mol. The third-order valence-corrected chi connectivity index (χ3v) is 3.47. The van der Waals surface area contributed by atoms with Crippen LogP contribution >= 0.6 is 11.3 Å². The summed E-state index contributed by atoms with van der Waals surface area (Å²) in [6, 6.07) is 0.464. The van der Waals surface area contributed by atoms with Crippen LogP contribution in [0.5, 0.6) is 0 Å². The molecule has 0 aliphatic heterocycles. The molecule has 3 heteroatoms. The molecular formula is C11H20N2S. The van der Waals surface area contributed by atoms with E-state index >= 15 is 0 Å². The number of rotatable bonds is 4. The van der Waals surface area contributed by atoms with Crippen LogP contribution in [0, 0.1) is 19.8 Å². The molecule has 0 aliphatic rings. The Balaban J connectivity index is 2.92. The molecule has 0 amide bonds. The van der Waals surface area contributed by atoms with Gasteiger partial charge in [-0.25, -0.2) is 4.98 Å². The molecule has 0 aromatic carbocycles. The van der Waals surface area contributed by atoms with Crippen LogP contribution in [0.2, 0.25) is 0 Å². The fourth-order valence-corrected chi connectivity index (χ4v) is 2.86. The van der Waals surface area contributed by atoms with Gasteiger partial charge in [-0.1, -0.05) is 20.8 Å². The zero-order valence-corrected chi connectivity index (χ0v) is 10.5. The SMILES string of the molecule is CCNC(c1sc(C)nc1C)C(C)C. The molecule has 0 radical (unpaired) electrons.